The van der Waals surface area contributed by atoms with E-state index in [4.69, 9.17) is 0 Å². The summed E-state index contributed by atoms with van der Waals surface area (Å²) in [5, 5.41) is 13.4. The van der Waals surface area contributed by atoms with E-state index in [-0.39, 0.29) is 11.6 Å². The van der Waals surface area contributed by atoms with E-state index in [0.717, 1.165) is 30.6 Å². The lowest BCUT2D eigenvalue weighted by molar-refractivity contribution is 0.471. The number of halogens is 1. The second-order valence-corrected chi connectivity index (χ2v) is 4.74. The van der Waals surface area contributed by atoms with Crippen molar-refractivity contribution < 1.29 is 9.50 Å². The van der Waals surface area contributed by atoms with Gasteiger partial charge in [-0.15, -0.1) is 0 Å². The molecule has 2 heterocycles. The molecule has 3 rings (SSSR count). The van der Waals surface area contributed by atoms with Crippen LogP contribution in [0.4, 0.5) is 4.39 Å². The van der Waals surface area contributed by atoms with Gasteiger partial charge in [0.2, 0.25) is 0 Å². The highest BCUT2D eigenvalue weighted by molar-refractivity contribution is 5.86. The third-order valence-corrected chi connectivity index (χ3v) is 3.40. The molecule has 3 N–H and O–H groups in total. The molecule has 0 amide bonds. The summed E-state index contributed by atoms with van der Waals surface area (Å²) in [5.74, 6) is -0.371. The summed E-state index contributed by atoms with van der Waals surface area (Å²) in [5.41, 5.74) is 2.83. The average molecular weight is 234 g/mol. The molecule has 17 heavy (non-hydrogen) atoms. The third-order valence-electron chi connectivity index (χ3n) is 3.40. The van der Waals surface area contributed by atoms with E-state index in [2.05, 4.69) is 17.2 Å². The van der Waals surface area contributed by atoms with Crippen molar-refractivity contribution in [1.29, 1.82) is 0 Å². The van der Waals surface area contributed by atoms with Crippen molar-refractivity contribution in [2.75, 3.05) is 6.54 Å². The lowest BCUT2D eigenvalue weighted by atomic mass is 10.1. The molecule has 0 fully saturated rings. The second-order valence-electron chi connectivity index (χ2n) is 4.74. The summed E-state index contributed by atoms with van der Waals surface area (Å²) in [6.45, 7) is 2.98. The van der Waals surface area contributed by atoms with E-state index in [1.165, 1.54) is 6.07 Å². The molecule has 0 radical (unpaired) electrons. The molecular weight excluding hydrogens is 219 g/mol. The number of hydrogen-bond acceptors (Lipinski definition) is 2. The SMILES string of the molecule is CC1Cc2[nH]c3cc(O)cc(F)c3c2CCN1. The molecule has 1 atom stereocenters. The van der Waals surface area contributed by atoms with E-state index >= 15 is 0 Å². The maximum atomic E-state index is 13.9. The zero-order valence-electron chi connectivity index (χ0n) is 9.68. The minimum atomic E-state index is -0.341. The van der Waals surface area contributed by atoms with Gasteiger partial charge in [0.25, 0.3) is 0 Å². The number of H-pyrrole nitrogens is 1. The number of phenols is 1. The molecular formula is C13H15FN2O. The minimum Gasteiger partial charge on any atom is -0.508 e. The first-order chi connectivity index (χ1) is 8.15. The normalized spacial score (nSPS) is 20.2. The smallest absolute Gasteiger partial charge is 0.136 e. The Morgan fingerprint density at radius 3 is 3.06 bits per heavy atom. The van der Waals surface area contributed by atoms with Crippen molar-refractivity contribution in [2.24, 2.45) is 0 Å². The van der Waals surface area contributed by atoms with Crippen molar-refractivity contribution in [2.45, 2.75) is 25.8 Å². The number of rotatable bonds is 0. The van der Waals surface area contributed by atoms with Crippen LogP contribution in [0.25, 0.3) is 10.9 Å². The van der Waals surface area contributed by atoms with Crippen molar-refractivity contribution in [1.82, 2.24) is 10.3 Å². The van der Waals surface area contributed by atoms with Gasteiger partial charge in [0.05, 0.1) is 5.52 Å². The molecule has 0 bridgehead atoms. The van der Waals surface area contributed by atoms with Crippen LogP contribution in [0.1, 0.15) is 18.2 Å². The summed E-state index contributed by atoms with van der Waals surface area (Å²) in [4.78, 5) is 3.23. The monoisotopic (exact) mass is 234 g/mol. The summed E-state index contributed by atoms with van der Waals surface area (Å²) in [7, 11) is 0. The Balaban J connectivity index is 2.25. The molecule has 4 heteroatoms. The predicted molar refractivity (Wildman–Crippen MR) is 64.8 cm³/mol. The highest BCUT2D eigenvalue weighted by Crippen LogP contribution is 2.30. The molecule has 1 aliphatic heterocycles. The highest BCUT2D eigenvalue weighted by Gasteiger charge is 2.20. The van der Waals surface area contributed by atoms with Gasteiger partial charge < -0.3 is 15.4 Å². The summed E-state index contributed by atoms with van der Waals surface area (Å²) in [6.07, 6.45) is 1.69. The minimum absolute atomic E-state index is 0.0300. The molecule has 0 spiro atoms. The molecule has 1 aromatic heterocycles. The number of aromatic hydroxyl groups is 1. The van der Waals surface area contributed by atoms with Gasteiger partial charge in [-0.25, -0.2) is 4.39 Å². The van der Waals surface area contributed by atoms with Gasteiger partial charge in [-0.05, 0) is 25.5 Å². The average Bonchev–Trinajstić information content (AvgIpc) is 2.46. The number of nitrogens with one attached hydrogen (secondary N) is 2. The fourth-order valence-electron chi connectivity index (χ4n) is 2.66. The van der Waals surface area contributed by atoms with E-state index in [9.17, 15) is 9.50 Å². The first-order valence-electron chi connectivity index (χ1n) is 5.90. The molecule has 1 unspecified atom stereocenters. The fourth-order valence-corrected chi connectivity index (χ4v) is 2.66. The van der Waals surface area contributed by atoms with Crippen LogP contribution in [-0.4, -0.2) is 22.7 Å². The van der Waals surface area contributed by atoms with Crippen LogP contribution in [0.3, 0.4) is 0 Å². The van der Waals surface area contributed by atoms with Gasteiger partial charge in [-0.2, -0.15) is 0 Å². The topological polar surface area (TPSA) is 48.0 Å². The first-order valence-corrected chi connectivity index (χ1v) is 5.90. The van der Waals surface area contributed by atoms with Crippen LogP contribution < -0.4 is 5.32 Å². The number of aromatic nitrogens is 1. The van der Waals surface area contributed by atoms with E-state index in [1.807, 2.05) is 0 Å². The molecule has 0 aliphatic carbocycles. The summed E-state index contributed by atoms with van der Waals surface area (Å²) < 4.78 is 13.9. The Bertz CT molecular complexity index is 576. The molecule has 0 saturated heterocycles. The molecule has 0 saturated carbocycles. The van der Waals surface area contributed by atoms with Gasteiger partial charge in [-0.1, -0.05) is 0 Å². The van der Waals surface area contributed by atoms with Crippen LogP contribution in [0.2, 0.25) is 0 Å². The largest absolute Gasteiger partial charge is 0.508 e. The van der Waals surface area contributed by atoms with Gasteiger partial charge >= 0.3 is 0 Å². The molecule has 2 aromatic rings. The standard InChI is InChI=1S/C13H15FN2O/c1-7-4-11-9(2-3-15-7)13-10(14)5-8(17)6-12(13)16-11/h5-7,15-17H,2-4H2,1H3. The molecule has 1 aliphatic rings. The summed E-state index contributed by atoms with van der Waals surface area (Å²) >= 11 is 0. The number of hydrogen-bond donors (Lipinski definition) is 3. The van der Waals surface area contributed by atoms with Gasteiger partial charge in [0.15, 0.2) is 0 Å². The van der Waals surface area contributed by atoms with Crippen LogP contribution in [0.15, 0.2) is 12.1 Å². The Morgan fingerprint density at radius 1 is 1.41 bits per heavy atom. The highest BCUT2D eigenvalue weighted by atomic mass is 19.1. The predicted octanol–water partition coefficient (Wildman–Crippen LogP) is 2.09. The Labute approximate surface area is 98.7 Å². The molecule has 90 valence electrons. The number of phenolic OH excluding ortho intramolecular Hbond substituents is 1. The van der Waals surface area contributed by atoms with Crippen LogP contribution in [0, 0.1) is 5.82 Å². The van der Waals surface area contributed by atoms with E-state index in [0.29, 0.717) is 16.9 Å². The van der Waals surface area contributed by atoms with Crippen molar-refractivity contribution in [3.63, 3.8) is 0 Å². The van der Waals surface area contributed by atoms with E-state index < -0.39 is 0 Å². The number of fused-ring (bicyclic) bond motifs is 3. The van der Waals surface area contributed by atoms with E-state index in [1.54, 1.807) is 6.07 Å². The Hall–Kier alpha value is -1.55. The van der Waals surface area contributed by atoms with Crippen molar-refractivity contribution >= 4 is 10.9 Å². The zero-order valence-corrected chi connectivity index (χ0v) is 9.68. The van der Waals surface area contributed by atoms with Crippen LogP contribution >= 0.6 is 0 Å². The molecule has 3 nitrogen and oxygen atoms in total. The number of benzene rings is 1. The Kier molecular flexibility index (Phi) is 2.33. The van der Waals surface area contributed by atoms with Gasteiger partial charge in [-0.3, -0.25) is 0 Å². The first kappa shape index (κ1) is 10.6. The van der Waals surface area contributed by atoms with Crippen LogP contribution in [-0.2, 0) is 12.8 Å². The van der Waals surface area contributed by atoms with Gasteiger partial charge in [0, 0.05) is 35.7 Å². The van der Waals surface area contributed by atoms with Crippen molar-refractivity contribution in [3.05, 3.63) is 29.2 Å². The maximum Gasteiger partial charge on any atom is 0.136 e. The summed E-state index contributed by atoms with van der Waals surface area (Å²) in [6, 6.07) is 3.16. The molecule has 1 aromatic carbocycles. The lowest BCUT2D eigenvalue weighted by Crippen LogP contribution is -2.27. The zero-order chi connectivity index (χ0) is 12.0. The van der Waals surface area contributed by atoms with Gasteiger partial charge in [0.1, 0.15) is 11.6 Å². The Morgan fingerprint density at radius 2 is 2.24 bits per heavy atom. The maximum absolute atomic E-state index is 13.9. The van der Waals surface area contributed by atoms with Crippen LogP contribution in [0.5, 0.6) is 5.75 Å². The quantitative estimate of drug-likeness (QED) is 0.653. The fraction of sp³-hybridized carbons (Fsp3) is 0.385. The second kappa shape index (κ2) is 3.74. The third kappa shape index (κ3) is 1.69. The number of aromatic amines is 1. The van der Waals surface area contributed by atoms with Crippen molar-refractivity contribution in [3.8, 4) is 5.75 Å². The lowest BCUT2D eigenvalue weighted by Gasteiger charge is -2.07.